The number of dihydropyridines is 1. The summed E-state index contributed by atoms with van der Waals surface area (Å²) in [6, 6.07) is 0.185. The van der Waals surface area contributed by atoms with Crippen LogP contribution in [0.2, 0.25) is 0 Å². The van der Waals surface area contributed by atoms with Crippen molar-refractivity contribution in [2.24, 2.45) is 16.6 Å². The van der Waals surface area contributed by atoms with Gasteiger partial charge in [0.1, 0.15) is 5.37 Å². The van der Waals surface area contributed by atoms with Gasteiger partial charge in [0.05, 0.1) is 10.7 Å². The van der Waals surface area contributed by atoms with Gasteiger partial charge in [0.15, 0.2) is 0 Å². The van der Waals surface area contributed by atoms with E-state index in [1.54, 1.807) is 11.8 Å². The fourth-order valence-corrected chi connectivity index (χ4v) is 6.26. The molecule has 4 N–H and O–H groups in total. The van der Waals surface area contributed by atoms with Gasteiger partial charge >= 0.3 is 0 Å². The predicted molar refractivity (Wildman–Crippen MR) is 130 cm³/mol. The van der Waals surface area contributed by atoms with Crippen LogP contribution in [0.25, 0.3) is 0 Å². The second kappa shape index (κ2) is 9.65. The van der Waals surface area contributed by atoms with Crippen LogP contribution in [0, 0.1) is 5.92 Å². The van der Waals surface area contributed by atoms with Crippen LogP contribution in [0.4, 0.5) is 0 Å². The van der Waals surface area contributed by atoms with Gasteiger partial charge in [-0.3, -0.25) is 9.79 Å². The summed E-state index contributed by atoms with van der Waals surface area (Å²) in [5, 5.41) is 6.81. The Morgan fingerprint density at radius 2 is 2.16 bits per heavy atom. The summed E-state index contributed by atoms with van der Waals surface area (Å²) in [6.45, 7) is 10.2. The Kier molecular flexibility index (Phi) is 6.92. The number of nitrogens with two attached hydrogens (primary N) is 1. The Morgan fingerprint density at radius 1 is 1.39 bits per heavy atom. The van der Waals surface area contributed by atoms with E-state index in [0.29, 0.717) is 0 Å². The molecule has 4 rings (SSSR count). The third-order valence-electron chi connectivity index (χ3n) is 6.76. The van der Waals surface area contributed by atoms with Crippen molar-refractivity contribution in [3.8, 4) is 0 Å². The molecule has 3 aliphatic heterocycles. The summed E-state index contributed by atoms with van der Waals surface area (Å²) in [5.41, 5.74) is 11.4. The van der Waals surface area contributed by atoms with Crippen molar-refractivity contribution in [2.45, 2.75) is 57.9 Å². The van der Waals surface area contributed by atoms with Crippen LogP contribution in [-0.4, -0.2) is 54.1 Å². The monoisotopic (exact) mass is 441 g/mol. The van der Waals surface area contributed by atoms with Crippen LogP contribution >= 0.6 is 11.8 Å². The summed E-state index contributed by atoms with van der Waals surface area (Å²) < 4.78 is 0. The van der Waals surface area contributed by atoms with E-state index >= 15 is 0 Å². The van der Waals surface area contributed by atoms with Gasteiger partial charge in [-0.2, -0.15) is 0 Å². The molecular formula is C24H35N5OS. The number of carbonyl (C=O) groups is 1. The average Bonchev–Trinajstić information content (AvgIpc) is 3.11. The molecule has 0 aromatic heterocycles. The van der Waals surface area contributed by atoms with Gasteiger partial charge in [0.2, 0.25) is 0 Å². The lowest BCUT2D eigenvalue weighted by Gasteiger charge is -2.31. The lowest BCUT2D eigenvalue weighted by molar-refractivity contribution is -0.117. The molecule has 0 aromatic carbocycles. The topological polar surface area (TPSA) is 82.8 Å². The van der Waals surface area contributed by atoms with Crippen LogP contribution in [-0.2, 0) is 4.79 Å². The highest BCUT2D eigenvalue weighted by molar-refractivity contribution is 8.04. The van der Waals surface area contributed by atoms with Crippen LogP contribution in [0.3, 0.4) is 0 Å². The Bertz CT molecular complexity index is 878. The van der Waals surface area contributed by atoms with Crippen molar-refractivity contribution in [1.82, 2.24) is 15.5 Å². The number of hydrogen-bond acceptors (Lipinski definition) is 6. The number of amides is 1. The first-order chi connectivity index (χ1) is 15.0. The van der Waals surface area contributed by atoms with E-state index in [1.165, 1.54) is 11.1 Å². The summed E-state index contributed by atoms with van der Waals surface area (Å²) in [5.74, 6) is 1.19. The molecule has 6 nitrogen and oxygen atoms in total. The number of allylic oxidation sites excluding steroid dienone is 3. The van der Waals surface area contributed by atoms with Gasteiger partial charge in [-0.1, -0.05) is 30.3 Å². The number of fused-ring (bicyclic) bond motifs is 1. The van der Waals surface area contributed by atoms with E-state index in [2.05, 4.69) is 47.6 Å². The van der Waals surface area contributed by atoms with Crippen molar-refractivity contribution in [1.29, 1.82) is 0 Å². The maximum absolute atomic E-state index is 13.1. The van der Waals surface area contributed by atoms with Crippen LogP contribution in [0.1, 0.15) is 46.5 Å². The van der Waals surface area contributed by atoms with E-state index in [-0.39, 0.29) is 23.2 Å². The molecule has 168 valence electrons. The predicted octanol–water partition coefficient (Wildman–Crippen LogP) is 3.06. The fraction of sp³-hybridized carbons (Fsp3) is 0.583. The molecule has 3 heterocycles. The van der Waals surface area contributed by atoms with E-state index in [4.69, 9.17) is 10.7 Å². The second-order valence-electron chi connectivity index (χ2n) is 8.88. The molecule has 2 unspecified atom stereocenters. The van der Waals surface area contributed by atoms with Crippen molar-refractivity contribution >= 4 is 23.4 Å². The van der Waals surface area contributed by atoms with Gasteiger partial charge in [-0.05, 0) is 62.8 Å². The quantitative estimate of drug-likeness (QED) is 0.611. The molecule has 0 aromatic rings. The van der Waals surface area contributed by atoms with Gasteiger partial charge in [0, 0.05) is 43.9 Å². The standard InChI is InChI=1S/C24H35N5OS/c1-4-17-13-19(7-6-18(17)14-21(25)29-11-9-26-10-12-29)28-23(30)22-16(3)20-8-5-15(2)27-24(20)31-22/h5,8,14,19-20,24,26H,4,6-7,9-13,25H2,1-3H3,(H,28,30)/b21-14+/t19-,20?,24?/m1/s1. The molecular weight excluding hydrogens is 406 g/mol. The molecule has 1 aliphatic carbocycles. The fourth-order valence-electron chi connectivity index (χ4n) is 4.87. The van der Waals surface area contributed by atoms with Crippen molar-refractivity contribution in [3.63, 3.8) is 0 Å². The number of carbonyl (C=O) groups excluding carboxylic acids is 1. The Balaban J connectivity index is 1.40. The number of hydrogen-bond donors (Lipinski definition) is 3. The molecule has 1 amide bonds. The minimum atomic E-state index is 0.0675. The molecule has 1 saturated heterocycles. The van der Waals surface area contributed by atoms with Gasteiger partial charge < -0.3 is 21.3 Å². The summed E-state index contributed by atoms with van der Waals surface area (Å²) in [6.07, 6.45) is 10.2. The van der Waals surface area contributed by atoms with Gasteiger partial charge in [-0.25, -0.2) is 0 Å². The normalized spacial score (nSPS) is 29.3. The number of piperazine rings is 1. The zero-order chi connectivity index (χ0) is 22.0. The molecule has 3 atom stereocenters. The van der Waals surface area contributed by atoms with Crippen molar-refractivity contribution < 1.29 is 4.79 Å². The third kappa shape index (κ3) is 4.93. The molecule has 4 aliphatic rings. The minimum absolute atomic E-state index is 0.0675. The van der Waals surface area contributed by atoms with E-state index < -0.39 is 0 Å². The molecule has 7 heteroatoms. The molecule has 31 heavy (non-hydrogen) atoms. The van der Waals surface area contributed by atoms with Gasteiger partial charge in [0.25, 0.3) is 5.91 Å². The summed E-state index contributed by atoms with van der Waals surface area (Å²) >= 11 is 1.61. The minimum Gasteiger partial charge on any atom is -0.385 e. The lowest BCUT2D eigenvalue weighted by atomic mass is 9.86. The Morgan fingerprint density at radius 3 is 2.90 bits per heavy atom. The number of aliphatic imine (C=N–C) groups is 1. The maximum atomic E-state index is 13.1. The van der Waals surface area contributed by atoms with E-state index in [0.717, 1.165) is 73.9 Å². The van der Waals surface area contributed by atoms with Crippen molar-refractivity contribution in [3.05, 3.63) is 45.7 Å². The number of nitrogens with zero attached hydrogens (tertiary/aromatic N) is 2. The highest BCUT2D eigenvalue weighted by atomic mass is 32.2. The highest BCUT2D eigenvalue weighted by Gasteiger charge is 2.36. The number of nitrogens with one attached hydrogen (secondary N) is 2. The SMILES string of the molecule is CCC1=C(/C=C(\N)N2CCNCC2)CC[C@@H](NC(=O)C2=C(C)C3C=CC(C)=NC3S2)C1. The molecule has 1 fully saturated rings. The summed E-state index contributed by atoms with van der Waals surface area (Å²) in [4.78, 5) is 20.9. The Labute approximate surface area is 190 Å². The maximum Gasteiger partial charge on any atom is 0.257 e. The zero-order valence-electron chi connectivity index (χ0n) is 18.9. The lowest BCUT2D eigenvalue weighted by Crippen LogP contribution is -2.44. The molecule has 0 saturated carbocycles. The van der Waals surface area contributed by atoms with E-state index in [1.807, 2.05) is 6.92 Å². The van der Waals surface area contributed by atoms with E-state index in [9.17, 15) is 4.79 Å². The first-order valence-electron chi connectivity index (χ1n) is 11.5. The molecule has 0 bridgehead atoms. The van der Waals surface area contributed by atoms with Crippen LogP contribution < -0.4 is 16.4 Å². The average molecular weight is 442 g/mol. The molecule has 0 radical (unpaired) electrons. The van der Waals surface area contributed by atoms with Crippen LogP contribution in [0.15, 0.2) is 50.7 Å². The first kappa shape index (κ1) is 22.2. The highest BCUT2D eigenvalue weighted by Crippen LogP contribution is 2.45. The number of thioether (sulfide) groups is 1. The summed E-state index contributed by atoms with van der Waals surface area (Å²) in [7, 11) is 0. The second-order valence-corrected chi connectivity index (χ2v) is 10.0. The third-order valence-corrected chi connectivity index (χ3v) is 8.14. The first-order valence-corrected chi connectivity index (χ1v) is 12.4. The number of rotatable bonds is 5. The zero-order valence-corrected chi connectivity index (χ0v) is 19.7. The smallest absolute Gasteiger partial charge is 0.257 e. The Hall–Kier alpha value is -1.99. The van der Waals surface area contributed by atoms with Crippen LogP contribution in [0.5, 0.6) is 0 Å². The largest absolute Gasteiger partial charge is 0.385 e. The van der Waals surface area contributed by atoms with Crippen molar-refractivity contribution in [2.75, 3.05) is 26.2 Å². The molecule has 0 spiro atoms. The van der Waals surface area contributed by atoms with Gasteiger partial charge in [-0.15, -0.1) is 0 Å².